The molecule has 2 aromatic carbocycles. The fourth-order valence-corrected chi connectivity index (χ4v) is 3.08. The van der Waals surface area contributed by atoms with Gasteiger partial charge in [-0.3, -0.25) is 4.79 Å². The summed E-state index contributed by atoms with van der Waals surface area (Å²) in [5.41, 5.74) is 1.43. The molecule has 1 aliphatic carbocycles. The van der Waals surface area contributed by atoms with Gasteiger partial charge in [-0.2, -0.15) is 0 Å². The van der Waals surface area contributed by atoms with Crippen molar-refractivity contribution in [3.63, 3.8) is 0 Å². The van der Waals surface area contributed by atoms with E-state index in [0.29, 0.717) is 6.04 Å². The van der Waals surface area contributed by atoms with Crippen molar-refractivity contribution in [1.82, 2.24) is 10.6 Å². The fourth-order valence-electron chi connectivity index (χ4n) is 2.86. The van der Waals surface area contributed by atoms with E-state index in [1.54, 1.807) is 7.11 Å². The highest BCUT2D eigenvalue weighted by Crippen LogP contribution is 2.22. The van der Waals surface area contributed by atoms with Crippen molar-refractivity contribution in [2.75, 3.05) is 7.11 Å². The number of carbonyl (C=O) groups is 1. The van der Waals surface area contributed by atoms with E-state index in [4.69, 9.17) is 16.3 Å². The quantitative estimate of drug-likeness (QED) is 0.826. The number of amides is 1. The smallest absolute Gasteiger partial charge is 0.251 e. The molecule has 0 aliphatic heterocycles. The Bertz CT molecular complexity index is 725. The molecule has 0 spiro atoms. The number of carbonyl (C=O) groups excluding carboxylic acids is 1. The predicted molar refractivity (Wildman–Crippen MR) is 95.5 cm³/mol. The molecule has 0 bridgehead atoms. The molecule has 132 valence electrons. The summed E-state index contributed by atoms with van der Waals surface area (Å²) in [5.74, 6) is 0.0397. The van der Waals surface area contributed by atoms with Crippen LogP contribution in [0.1, 0.15) is 28.8 Å². The molecule has 1 saturated carbocycles. The molecule has 0 radical (unpaired) electrons. The van der Waals surface area contributed by atoms with E-state index in [2.05, 4.69) is 10.6 Å². The zero-order valence-corrected chi connectivity index (χ0v) is 14.6. The molecule has 1 fully saturated rings. The number of ether oxygens (including phenoxy) is 1. The van der Waals surface area contributed by atoms with E-state index in [0.717, 1.165) is 25.1 Å². The topological polar surface area (TPSA) is 50.4 Å². The summed E-state index contributed by atoms with van der Waals surface area (Å²) in [6.07, 6.45) is 1.70. The molecule has 6 heteroatoms. The molecule has 25 heavy (non-hydrogen) atoms. The molecule has 0 saturated heterocycles. The average Bonchev–Trinajstić information content (AvgIpc) is 2.56. The number of nitrogens with one attached hydrogen (secondary N) is 2. The van der Waals surface area contributed by atoms with E-state index in [1.807, 2.05) is 24.3 Å². The van der Waals surface area contributed by atoms with Gasteiger partial charge in [0.05, 0.1) is 7.11 Å². The molecule has 1 aliphatic rings. The van der Waals surface area contributed by atoms with Crippen LogP contribution in [0.4, 0.5) is 4.39 Å². The zero-order chi connectivity index (χ0) is 17.8. The van der Waals surface area contributed by atoms with Crippen molar-refractivity contribution in [3.05, 3.63) is 64.4 Å². The van der Waals surface area contributed by atoms with Crippen LogP contribution >= 0.6 is 11.6 Å². The molecular formula is C19H20ClFN2O2. The summed E-state index contributed by atoms with van der Waals surface area (Å²) in [6, 6.07) is 12.2. The predicted octanol–water partition coefficient (Wildman–Crippen LogP) is 3.54. The largest absolute Gasteiger partial charge is 0.497 e. The van der Waals surface area contributed by atoms with Crippen LogP contribution in [0.15, 0.2) is 42.5 Å². The zero-order valence-electron chi connectivity index (χ0n) is 13.9. The van der Waals surface area contributed by atoms with E-state index in [1.165, 1.54) is 23.8 Å². The van der Waals surface area contributed by atoms with E-state index in [9.17, 15) is 9.18 Å². The second-order valence-corrected chi connectivity index (χ2v) is 6.66. The van der Waals surface area contributed by atoms with Crippen LogP contribution in [-0.2, 0) is 6.54 Å². The van der Waals surface area contributed by atoms with Crippen LogP contribution in [-0.4, -0.2) is 25.1 Å². The Balaban J connectivity index is 1.42. The lowest BCUT2D eigenvalue weighted by atomic mass is 9.86. The van der Waals surface area contributed by atoms with Gasteiger partial charge in [0.1, 0.15) is 11.6 Å². The Hall–Kier alpha value is -2.11. The Morgan fingerprint density at radius 3 is 2.56 bits per heavy atom. The highest BCUT2D eigenvalue weighted by molar-refractivity contribution is 6.31. The monoisotopic (exact) mass is 362 g/mol. The summed E-state index contributed by atoms with van der Waals surface area (Å²) in [7, 11) is 1.65. The average molecular weight is 363 g/mol. The highest BCUT2D eigenvalue weighted by Gasteiger charge is 2.30. The van der Waals surface area contributed by atoms with Crippen LogP contribution in [0.5, 0.6) is 5.75 Å². The van der Waals surface area contributed by atoms with Crippen LogP contribution in [0.2, 0.25) is 5.02 Å². The van der Waals surface area contributed by atoms with Gasteiger partial charge >= 0.3 is 0 Å². The first-order chi connectivity index (χ1) is 12.0. The molecule has 0 unspecified atom stereocenters. The lowest BCUT2D eigenvalue weighted by Gasteiger charge is -2.36. The number of methoxy groups -OCH3 is 1. The number of hydrogen-bond acceptors (Lipinski definition) is 3. The van der Waals surface area contributed by atoms with Gasteiger partial charge in [0.25, 0.3) is 5.91 Å². The third-order valence-electron chi connectivity index (χ3n) is 4.35. The SMILES string of the molecule is COc1ccc(CN[C@H]2C[C@H](NC(=O)c3cc(F)cc(Cl)c3)C2)cc1. The summed E-state index contributed by atoms with van der Waals surface area (Å²) in [5, 5.41) is 6.59. The Morgan fingerprint density at radius 1 is 1.20 bits per heavy atom. The molecule has 3 rings (SSSR count). The standard InChI is InChI=1S/C19H20ClFN2O2/c1-25-18-4-2-12(3-5-18)11-22-16-9-17(10-16)23-19(24)13-6-14(20)8-15(21)7-13/h2-8,16-17,22H,9-11H2,1H3,(H,23,24)/t16-,17-. The first kappa shape index (κ1) is 17.7. The molecule has 1 amide bonds. The van der Waals surface area contributed by atoms with E-state index < -0.39 is 5.82 Å². The van der Waals surface area contributed by atoms with Gasteiger partial charge in [0, 0.05) is 29.2 Å². The van der Waals surface area contributed by atoms with Crippen LogP contribution in [0.3, 0.4) is 0 Å². The minimum atomic E-state index is -0.509. The normalized spacial score (nSPS) is 19.2. The number of benzene rings is 2. The number of hydrogen-bond donors (Lipinski definition) is 2. The lowest BCUT2D eigenvalue weighted by molar-refractivity contribution is 0.0901. The van der Waals surface area contributed by atoms with Crippen molar-refractivity contribution in [1.29, 1.82) is 0 Å². The second-order valence-electron chi connectivity index (χ2n) is 6.23. The summed E-state index contributed by atoms with van der Waals surface area (Å²) in [6.45, 7) is 0.773. The number of halogens is 2. The third-order valence-corrected chi connectivity index (χ3v) is 4.57. The lowest BCUT2D eigenvalue weighted by Crippen LogP contribution is -2.52. The maximum Gasteiger partial charge on any atom is 0.251 e. The van der Waals surface area contributed by atoms with Crippen molar-refractivity contribution in [3.8, 4) is 5.75 Å². The Labute approximate surface area is 151 Å². The van der Waals surface area contributed by atoms with Gasteiger partial charge < -0.3 is 15.4 Å². The van der Waals surface area contributed by atoms with E-state index in [-0.39, 0.29) is 22.5 Å². The van der Waals surface area contributed by atoms with Crippen molar-refractivity contribution >= 4 is 17.5 Å². The maximum atomic E-state index is 13.3. The minimum Gasteiger partial charge on any atom is -0.497 e. The Kier molecular flexibility index (Phi) is 5.56. The van der Waals surface area contributed by atoms with Crippen molar-refractivity contribution in [2.45, 2.75) is 31.5 Å². The van der Waals surface area contributed by atoms with Gasteiger partial charge in [-0.05, 0) is 48.7 Å². The molecule has 2 N–H and O–H groups in total. The van der Waals surface area contributed by atoms with Gasteiger partial charge in [0.2, 0.25) is 0 Å². The third kappa shape index (κ3) is 4.71. The Morgan fingerprint density at radius 2 is 1.92 bits per heavy atom. The second kappa shape index (κ2) is 7.85. The highest BCUT2D eigenvalue weighted by atomic mass is 35.5. The van der Waals surface area contributed by atoms with Gasteiger partial charge in [-0.25, -0.2) is 4.39 Å². The summed E-state index contributed by atoms with van der Waals surface area (Å²) in [4.78, 5) is 12.1. The molecular weight excluding hydrogens is 343 g/mol. The molecule has 0 atom stereocenters. The molecule has 0 aromatic heterocycles. The molecule has 0 heterocycles. The van der Waals surface area contributed by atoms with Gasteiger partial charge in [0.15, 0.2) is 0 Å². The van der Waals surface area contributed by atoms with Gasteiger partial charge in [-0.1, -0.05) is 23.7 Å². The summed E-state index contributed by atoms with van der Waals surface area (Å²) >= 11 is 5.78. The van der Waals surface area contributed by atoms with Crippen LogP contribution in [0.25, 0.3) is 0 Å². The molecule has 2 aromatic rings. The van der Waals surface area contributed by atoms with Crippen LogP contribution < -0.4 is 15.4 Å². The van der Waals surface area contributed by atoms with E-state index >= 15 is 0 Å². The minimum absolute atomic E-state index is 0.0999. The maximum absolute atomic E-state index is 13.3. The van der Waals surface area contributed by atoms with Crippen molar-refractivity contribution in [2.24, 2.45) is 0 Å². The fraction of sp³-hybridized carbons (Fsp3) is 0.316. The molecule has 4 nitrogen and oxygen atoms in total. The van der Waals surface area contributed by atoms with Crippen LogP contribution in [0, 0.1) is 5.82 Å². The number of rotatable bonds is 6. The summed E-state index contributed by atoms with van der Waals surface area (Å²) < 4.78 is 18.4. The first-order valence-corrected chi connectivity index (χ1v) is 8.54. The first-order valence-electron chi connectivity index (χ1n) is 8.17. The van der Waals surface area contributed by atoms with Gasteiger partial charge in [-0.15, -0.1) is 0 Å². The van der Waals surface area contributed by atoms with Crippen molar-refractivity contribution < 1.29 is 13.9 Å².